The summed E-state index contributed by atoms with van der Waals surface area (Å²) in [6.07, 6.45) is 3.15. The second kappa shape index (κ2) is 5.04. The van der Waals surface area contributed by atoms with Crippen LogP contribution in [0.1, 0.15) is 5.82 Å². The summed E-state index contributed by atoms with van der Waals surface area (Å²) in [6, 6.07) is 6.76. The SMILES string of the molecule is Cc1nc2ncc3c(=O)n(-c4ccc(Cl)cc4Cl)ccc3n2n1. The predicted molar refractivity (Wildman–Crippen MR) is 88.6 cm³/mol. The third-order valence-electron chi connectivity index (χ3n) is 3.51. The first kappa shape index (κ1) is 14.2. The van der Waals surface area contributed by atoms with Gasteiger partial charge in [-0.2, -0.15) is 9.50 Å². The smallest absolute Gasteiger partial charge is 0.266 e. The first-order valence-corrected chi connectivity index (χ1v) is 7.49. The van der Waals surface area contributed by atoms with Crippen LogP contribution in [0.15, 0.2) is 41.5 Å². The minimum atomic E-state index is -0.241. The van der Waals surface area contributed by atoms with Crippen molar-refractivity contribution in [2.24, 2.45) is 0 Å². The number of nitrogens with zero attached hydrogens (tertiary/aromatic N) is 5. The van der Waals surface area contributed by atoms with Gasteiger partial charge in [-0.05, 0) is 31.2 Å². The van der Waals surface area contributed by atoms with E-state index in [4.69, 9.17) is 23.2 Å². The van der Waals surface area contributed by atoms with Gasteiger partial charge in [0, 0.05) is 17.4 Å². The molecule has 0 radical (unpaired) electrons. The van der Waals surface area contributed by atoms with E-state index < -0.39 is 0 Å². The normalized spacial score (nSPS) is 11.4. The molecular weight excluding hydrogens is 337 g/mol. The molecule has 0 saturated carbocycles. The summed E-state index contributed by atoms with van der Waals surface area (Å²) in [4.78, 5) is 21.2. The van der Waals surface area contributed by atoms with Crippen LogP contribution in [0, 0.1) is 6.92 Å². The molecule has 1 aromatic carbocycles. The van der Waals surface area contributed by atoms with Crippen molar-refractivity contribution in [3.05, 3.63) is 62.9 Å². The topological polar surface area (TPSA) is 65.1 Å². The van der Waals surface area contributed by atoms with Gasteiger partial charge in [0.2, 0.25) is 0 Å². The van der Waals surface area contributed by atoms with Crippen LogP contribution in [0.5, 0.6) is 0 Å². The zero-order valence-corrected chi connectivity index (χ0v) is 13.4. The Morgan fingerprint density at radius 1 is 1.17 bits per heavy atom. The molecule has 4 rings (SSSR count). The molecule has 0 unspecified atom stereocenters. The molecule has 0 aliphatic rings. The Morgan fingerprint density at radius 3 is 2.78 bits per heavy atom. The van der Waals surface area contributed by atoms with E-state index in [1.165, 1.54) is 10.8 Å². The molecule has 0 fully saturated rings. The van der Waals surface area contributed by atoms with Crippen molar-refractivity contribution >= 4 is 39.9 Å². The first-order chi connectivity index (χ1) is 11.0. The standard InChI is InChI=1S/C15H9Cl2N5O/c1-8-19-15-18-7-10-12(22(15)20-8)4-5-21(14(10)23)13-3-2-9(16)6-11(13)17/h2-7H,1H3. The summed E-state index contributed by atoms with van der Waals surface area (Å²) in [5.74, 6) is 1.05. The third-order valence-corrected chi connectivity index (χ3v) is 4.05. The number of aryl methyl sites for hydroxylation is 1. The van der Waals surface area contributed by atoms with E-state index in [-0.39, 0.29) is 5.56 Å². The van der Waals surface area contributed by atoms with Crippen LogP contribution < -0.4 is 5.56 Å². The Morgan fingerprint density at radius 2 is 2.00 bits per heavy atom. The summed E-state index contributed by atoms with van der Waals surface area (Å²) in [5.41, 5.74) is 0.953. The van der Waals surface area contributed by atoms with Crippen molar-refractivity contribution < 1.29 is 0 Å². The van der Waals surface area contributed by atoms with E-state index in [2.05, 4.69) is 15.1 Å². The van der Waals surface area contributed by atoms with Crippen LogP contribution in [-0.4, -0.2) is 24.1 Å². The second-order valence-corrected chi connectivity index (χ2v) is 5.86. The van der Waals surface area contributed by atoms with Gasteiger partial charge in [-0.3, -0.25) is 9.36 Å². The molecule has 6 nitrogen and oxygen atoms in total. The van der Waals surface area contributed by atoms with Gasteiger partial charge in [0.15, 0.2) is 0 Å². The molecule has 0 saturated heterocycles. The molecule has 0 spiro atoms. The van der Waals surface area contributed by atoms with Gasteiger partial charge in [-0.1, -0.05) is 23.2 Å². The fraction of sp³-hybridized carbons (Fsp3) is 0.0667. The summed E-state index contributed by atoms with van der Waals surface area (Å²) < 4.78 is 3.01. The number of aromatic nitrogens is 5. The van der Waals surface area contributed by atoms with Crippen LogP contribution in [-0.2, 0) is 0 Å². The highest BCUT2D eigenvalue weighted by molar-refractivity contribution is 6.35. The van der Waals surface area contributed by atoms with Gasteiger partial charge in [0.05, 0.1) is 21.6 Å². The number of fused-ring (bicyclic) bond motifs is 3. The molecule has 23 heavy (non-hydrogen) atoms. The Bertz CT molecular complexity index is 1130. The molecular formula is C15H9Cl2N5O. The summed E-state index contributed by atoms with van der Waals surface area (Å²) in [7, 11) is 0. The highest BCUT2D eigenvalue weighted by atomic mass is 35.5. The van der Waals surface area contributed by atoms with Crippen molar-refractivity contribution in [3.8, 4) is 5.69 Å². The third kappa shape index (κ3) is 2.18. The predicted octanol–water partition coefficient (Wildman–Crippen LogP) is 3.04. The van der Waals surface area contributed by atoms with Gasteiger partial charge in [-0.15, -0.1) is 5.10 Å². The fourth-order valence-electron chi connectivity index (χ4n) is 2.49. The van der Waals surface area contributed by atoms with Crippen molar-refractivity contribution in [1.82, 2.24) is 24.1 Å². The average Bonchev–Trinajstić information content (AvgIpc) is 2.89. The maximum Gasteiger partial charge on any atom is 0.266 e. The molecule has 8 heteroatoms. The Kier molecular flexibility index (Phi) is 3.11. The Balaban J connectivity index is 2.05. The van der Waals surface area contributed by atoms with Gasteiger partial charge in [-0.25, -0.2) is 4.98 Å². The van der Waals surface area contributed by atoms with Crippen LogP contribution in [0.25, 0.3) is 22.4 Å². The number of pyridine rings is 1. The van der Waals surface area contributed by atoms with E-state index in [1.54, 1.807) is 41.9 Å². The van der Waals surface area contributed by atoms with E-state index in [0.29, 0.717) is 38.2 Å². The van der Waals surface area contributed by atoms with Crippen molar-refractivity contribution in [3.63, 3.8) is 0 Å². The van der Waals surface area contributed by atoms with Crippen molar-refractivity contribution in [1.29, 1.82) is 0 Å². The molecule has 0 aliphatic heterocycles. The lowest BCUT2D eigenvalue weighted by Crippen LogP contribution is -2.19. The second-order valence-electron chi connectivity index (χ2n) is 5.01. The van der Waals surface area contributed by atoms with Crippen LogP contribution in [0.4, 0.5) is 0 Å². The fourth-order valence-corrected chi connectivity index (χ4v) is 2.99. The quantitative estimate of drug-likeness (QED) is 0.531. The molecule has 114 valence electrons. The number of halogens is 2. The van der Waals surface area contributed by atoms with Crippen LogP contribution >= 0.6 is 23.2 Å². The minimum absolute atomic E-state index is 0.241. The lowest BCUT2D eigenvalue weighted by atomic mass is 10.2. The lowest BCUT2D eigenvalue weighted by molar-refractivity contribution is 0.939. The molecule has 0 N–H and O–H groups in total. The molecule has 0 amide bonds. The maximum atomic E-state index is 12.8. The lowest BCUT2D eigenvalue weighted by Gasteiger charge is -2.09. The maximum absolute atomic E-state index is 12.8. The highest BCUT2D eigenvalue weighted by Gasteiger charge is 2.12. The minimum Gasteiger partial charge on any atom is -0.282 e. The molecule has 0 bridgehead atoms. The number of hydrogen-bond acceptors (Lipinski definition) is 4. The zero-order valence-electron chi connectivity index (χ0n) is 11.9. The van der Waals surface area contributed by atoms with E-state index in [1.807, 2.05) is 0 Å². The van der Waals surface area contributed by atoms with Gasteiger partial charge in [0.1, 0.15) is 5.82 Å². The Hall–Kier alpha value is -2.44. The molecule has 3 heterocycles. The monoisotopic (exact) mass is 345 g/mol. The average molecular weight is 346 g/mol. The van der Waals surface area contributed by atoms with Gasteiger partial charge in [0.25, 0.3) is 11.3 Å². The van der Waals surface area contributed by atoms with Gasteiger partial charge >= 0.3 is 0 Å². The molecule has 3 aromatic heterocycles. The van der Waals surface area contributed by atoms with Gasteiger partial charge < -0.3 is 0 Å². The molecule has 0 atom stereocenters. The molecule has 0 aliphatic carbocycles. The largest absolute Gasteiger partial charge is 0.282 e. The van der Waals surface area contributed by atoms with Crippen molar-refractivity contribution in [2.45, 2.75) is 6.92 Å². The van der Waals surface area contributed by atoms with E-state index in [0.717, 1.165) is 0 Å². The number of rotatable bonds is 1. The summed E-state index contributed by atoms with van der Waals surface area (Å²) >= 11 is 12.1. The number of hydrogen-bond donors (Lipinski definition) is 0. The van der Waals surface area contributed by atoms with Crippen molar-refractivity contribution in [2.75, 3.05) is 0 Å². The van der Waals surface area contributed by atoms with Crippen LogP contribution in [0.3, 0.4) is 0 Å². The van der Waals surface area contributed by atoms with E-state index in [9.17, 15) is 4.79 Å². The first-order valence-electron chi connectivity index (χ1n) is 6.74. The zero-order chi connectivity index (χ0) is 16.1. The summed E-state index contributed by atoms with van der Waals surface area (Å²) in [5, 5.41) is 5.59. The Labute approximate surface area is 139 Å². The molecule has 4 aromatic rings. The number of benzene rings is 1. The highest BCUT2D eigenvalue weighted by Crippen LogP contribution is 2.24. The summed E-state index contributed by atoms with van der Waals surface area (Å²) in [6.45, 7) is 1.77. The van der Waals surface area contributed by atoms with Crippen LogP contribution in [0.2, 0.25) is 10.0 Å². The van der Waals surface area contributed by atoms with E-state index >= 15 is 0 Å².